The Morgan fingerprint density at radius 3 is 2.04 bits per heavy atom. The van der Waals surface area contributed by atoms with Gasteiger partial charge in [0.25, 0.3) is 5.91 Å². The molecule has 0 fully saturated rings. The molecule has 1 amide bonds. The molecule has 0 saturated carbocycles. The Bertz CT molecular complexity index is 703. The van der Waals surface area contributed by atoms with Crippen LogP contribution in [-0.2, 0) is 0 Å². The summed E-state index contributed by atoms with van der Waals surface area (Å²) in [6.45, 7) is 7.39. The first kappa shape index (κ1) is 17.9. The Morgan fingerprint density at radius 1 is 0.833 bits per heavy atom. The normalized spacial score (nSPS) is 11.1. The Kier molecular flexibility index (Phi) is 5.88. The molecule has 0 heterocycles. The van der Waals surface area contributed by atoms with Crippen LogP contribution >= 0.6 is 0 Å². The summed E-state index contributed by atoms with van der Waals surface area (Å²) in [6.07, 6.45) is 0. The maximum atomic E-state index is 12.6. The highest BCUT2D eigenvalue weighted by Gasteiger charge is 2.17. The van der Waals surface area contributed by atoms with Crippen molar-refractivity contribution >= 4 is 11.7 Å². The van der Waals surface area contributed by atoms with Crippen LogP contribution in [0.15, 0.2) is 54.6 Å². The number of hydrogen-bond donors (Lipinski definition) is 2. The molecule has 4 nitrogen and oxygen atoms in total. The van der Waals surface area contributed by atoms with Crippen LogP contribution in [-0.4, -0.2) is 30.3 Å². The van der Waals surface area contributed by atoms with Gasteiger partial charge in [0.2, 0.25) is 0 Å². The van der Waals surface area contributed by atoms with E-state index in [2.05, 4.69) is 31.4 Å². The molecule has 0 bridgehead atoms. The molecule has 0 aliphatic heterocycles. The molecule has 0 aliphatic rings. The lowest BCUT2D eigenvalue weighted by molar-refractivity contribution is 0.0941. The predicted octanol–water partition coefficient (Wildman–Crippen LogP) is 3.04. The van der Waals surface area contributed by atoms with Crippen molar-refractivity contribution in [3.05, 3.63) is 71.3 Å². The van der Waals surface area contributed by atoms with Crippen LogP contribution in [0.1, 0.15) is 47.1 Å². The fourth-order valence-electron chi connectivity index (χ4n) is 2.33. The molecule has 2 aromatic rings. The molecule has 0 aliphatic carbocycles. The molecule has 0 radical (unpaired) electrons. The number of benzene rings is 2. The molecule has 126 valence electrons. The smallest absolute Gasteiger partial charge is 0.252 e. The van der Waals surface area contributed by atoms with E-state index in [0.29, 0.717) is 29.8 Å². The van der Waals surface area contributed by atoms with E-state index in [-0.39, 0.29) is 17.2 Å². The maximum absolute atomic E-state index is 12.6. The molecule has 2 rings (SSSR count). The van der Waals surface area contributed by atoms with Gasteiger partial charge in [0, 0.05) is 29.8 Å². The van der Waals surface area contributed by atoms with Crippen molar-refractivity contribution in [2.75, 3.05) is 13.1 Å². The SMILES string of the molecule is CC(C)(C)NCCNC(=O)c1ccccc1C(=O)c1ccccc1. The number of carbonyl (C=O) groups is 2. The lowest BCUT2D eigenvalue weighted by Gasteiger charge is -2.20. The highest BCUT2D eigenvalue weighted by molar-refractivity contribution is 6.15. The minimum atomic E-state index is -0.231. The molecule has 0 atom stereocenters. The fourth-order valence-corrected chi connectivity index (χ4v) is 2.33. The quantitative estimate of drug-likeness (QED) is 0.634. The Balaban J connectivity index is 2.08. The van der Waals surface area contributed by atoms with Crippen LogP contribution < -0.4 is 10.6 Å². The summed E-state index contributed by atoms with van der Waals surface area (Å²) in [5, 5.41) is 6.17. The molecule has 0 spiro atoms. The molecular formula is C20H24N2O2. The van der Waals surface area contributed by atoms with Crippen LogP contribution in [0.25, 0.3) is 0 Å². The van der Waals surface area contributed by atoms with E-state index in [0.717, 1.165) is 0 Å². The first-order chi connectivity index (χ1) is 11.4. The van der Waals surface area contributed by atoms with Crippen molar-refractivity contribution in [1.29, 1.82) is 0 Å². The van der Waals surface area contributed by atoms with E-state index in [9.17, 15) is 9.59 Å². The Labute approximate surface area is 143 Å². The molecule has 4 heteroatoms. The van der Waals surface area contributed by atoms with Gasteiger partial charge in [-0.25, -0.2) is 0 Å². The van der Waals surface area contributed by atoms with Gasteiger partial charge >= 0.3 is 0 Å². The molecule has 0 saturated heterocycles. The second-order valence-electron chi connectivity index (χ2n) is 6.67. The Morgan fingerprint density at radius 2 is 1.42 bits per heavy atom. The van der Waals surface area contributed by atoms with Crippen molar-refractivity contribution in [3.63, 3.8) is 0 Å². The molecule has 0 unspecified atom stereocenters. The third-order valence-corrected chi connectivity index (χ3v) is 3.52. The number of ketones is 1. The summed E-state index contributed by atoms with van der Waals surface area (Å²) in [5.41, 5.74) is 1.41. The molecule has 2 N–H and O–H groups in total. The summed E-state index contributed by atoms with van der Waals surface area (Å²) < 4.78 is 0. The van der Waals surface area contributed by atoms with Gasteiger partial charge in [-0.3, -0.25) is 9.59 Å². The standard InChI is InChI=1S/C20H24N2O2/c1-20(2,3)22-14-13-21-19(24)17-12-8-7-11-16(17)18(23)15-9-5-4-6-10-15/h4-12,22H,13-14H2,1-3H3,(H,21,24). The van der Waals surface area contributed by atoms with Crippen LogP contribution in [0, 0.1) is 0 Å². The van der Waals surface area contributed by atoms with E-state index >= 15 is 0 Å². The van der Waals surface area contributed by atoms with Crippen LogP contribution in [0.4, 0.5) is 0 Å². The van der Waals surface area contributed by atoms with Gasteiger partial charge in [0.1, 0.15) is 0 Å². The van der Waals surface area contributed by atoms with Gasteiger partial charge in [-0.2, -0.15) is 0 Å². The second-order valence-corrected chi connectivity index (χ2v) is 6.67. The summed E-state index contributed by atoms with van der Waals surface area (Å²) in [7, 11) is 0. The third kappa shape index (κ3) is 5.03. The van der Waals surface area contributed by atoms with Crippen molar-refractivity contribution in [3.8, 4) is 0 Å². The third-order valence-electron chi connectivity index (χ3n) is 3.52. The van der Waals surface area contributed by atoms with Crippen LogP contribution in [0.3, 0.4) is 0 Å². The number of rotatable bonds is 6. The topological polar surface area (TPSA) is 58.2 Å². The van der Waals surface area contributed by atoms with E-state index < -0.39 is 0 Å². The van der Waals surface area contributed by atoms with E-state index in [1.165, 1.54) is 0 Å². The predicted molar refractivity (Wildman–Crippen MR) is 96.4 cm³/mol. The highest BCUT2D eigenvalue weighted by Crippen LogP contribution is 2.14. The molecule has 0 aromatic heterocycles. The van der Waals surface area contributed by atoms with Crippen LogP contribution in [0.2, 0.25) is 0 Å². The summed E-state index contributed by atoms with van der Waals surface area (Å²) in [4.78, 5) is 25.1. The zero-order valence-corrected chi connectivity index (χ0v) is 14.4. The van der Waals surface area contributed by atoms with Crippen molar-refractivity contribution in [1.82, 2.24) is 10.6 Å². The van der Waals surface area contributed by atoms with Gasteiger partial charge < -0.3 is 10.6 Å². The van der Waals surface area contributed by atoms with Crippen molar-refractivity contribution in [2.45, 2.75) is 26.3 Å². The largest absolute Gasteiger partial charge is 0.351 e. The van der Waals surface area contributed by atoms with Crippen LogP contribution in [0.5, 0.6) is 0 Å². The van der Waals surface area contributed by atoms with E-state index in [1.54, 1.807) is 36.4 Å². The first-order valence-corrected chi connectivity index (χ1v) is 8.10. The first-order valence-electron chi connectivity index (χ1n) is 8.10. The summed E-state index contributed by atoms with van der Waals surface area (Å²) >= 11 is 0. The Hall–Kier alpha value is -2.46. The van der Waals surface area contributed by atoms with Crippen molar-refractivity contribution < 1.29 is 9.59 Å². The minimum Gasteiger partial charge on any atom is -0.351 e. The number of nitrogens with one attached hydrogen (secondary N) is 2. The van der Waals surface area contributed by atoms with Gasteiger partial charge in [-0.15, -0.1) is 0 Å². The maximum Gasteiger partial charge on any atom is 0.252 e. The average molecular weight is 324 g/mol. The zero-order chi connectivity index (χ0) is 17.6. The van der Waals surface area contributed by atoms with Gasteiger partial charge in [0.15, 0.2) is 5.78 Å². The lowest BCUT2D eigenvalue weighted by atomic mass is 9.98. The fraction of sp³-hybridized carbons (Fsp3) is 0.300. The van der Waals surface area contributed by atoms with Crippen molar-refractivity contribution in [2.24, 2.45) is 0 Å². The van der Waals surface area contributed by atoms with Gasteiger partial charge in [0.05, 0.1) is 5.56 Å². The number of amides is 1. The van der Waals surface area contributed by atoms with E-state index in [4.69, 9.17) is 0 Å². The van der Waals surface area contributed by atoms with Gasteiger partial charge in [-0.05, 0) is 26.8 Å². The summed E-state index contributed by atoms with van der Waals surface area (Å²) in [5.74, 6) is -0.375. The minimum absolute atomic E-state index is 0.00586. The summed E-state index contributed by atoms with van der Waals surface area (Å²) in [6, 6.07) is 15.9. The second kappa shape index (κ2) is 7.88. The lowest BCUT2D eigenvalue weighted by Crippen LogP contribution is -2.41. The molecule has 24 heavy (non-hydrogen) atoms. The zero-order valence-electron chi connectivity index (χ0n) is 14.4. The molecular weight excluding hydrogens is 300 g/mol. The van der Waals surface area contributed by atoms with Gasteiger partial charge in [-0.1, -0.05) is 48.5 Å². The number of carbonyl (C=O) groups excluding carboxylic acids is 2. The average Bonchev–Trinajstić information content (AvgIpc) is 2.58. The number of hydrogen-bond acceptors (Lipinski definition) is 3. The molecule has 2 aromatic carbocycles. The monoisotopic (exact) mass is 324 g/mol. The highest BCUT2D eigenvalue weighted by atomic mass is 16.2. The van der Waals surface area contributed by atoms with E-state index in [1.807, 2.05) is 18.2 Å².